The largest absolute Gasteiger partial charge is 0.393 e. The molecule has 0 fully saturated rings. The maximum absolute atomic E-state index is 11.6. The predicted octanol–water partition coefficient (Wildman–Crippen LogP) is 1.29. The fraction of sp³-hybridized carbons (Fsp3) is 0.538. The van der Waals surface area contributed by atoms with Crippen LogP contribution in [0.1, 0.15) is 32.4 Å². The highest BCUT2D eigenvalue weighted by atomic mass is 16.3. The van der Waals surface area contributed by atoms with Gasteiger partial charge in [0.05, 0.1) is 6.10 Å². The minimum absolute atomic E-state index is 0.00352. The normalized spacial score (nSPS) is 14.1. The summed E-state index contributed by atoms with van der Waals surface area (Å²) < 4.78 is 0. The second-order valence-corrected chi connectivity index (χ2v) is 4.37. The van der Waals surface area contributed by atoms with Gasteiger partial charge in [-0.05, 0) is 38.8 Å². The number of aryl methyl sites for hydroxylation is 1. The molecule has 94 valence electrons. The van der Waals surface area contributed by atoms with Crippen LogP contribution in [0.2, 0.25) is 0 Å². The van der Waals surface area contributed by atoms with E-state index in [1.807, 2.05) is 25.1 Å². The number of hydrogen-bond acceptors (Lipinski definition) is 3. The van der Waals surface area contributed by atoms with E-state index in [4.69, 9.17) is 0 Å². The van der Waals surface area contributed by atoms with Gasteiger partial charge in [0.2, 0.25) is 5.91 Å². The van der Waals surface area contributed by atoms with Crippen LogP contribution >= 0.6 is 0 Å². The number of aliphatic hydroxyl groups is 1. The summed E-state index contributed by atoms with van der Waals surface area (Å²) in [6.45, 7) is 3.61. The summed E-state index contributed by atoms with van der Waals surface area (Å²) in [5.74, 6) is 0.00352. The van der Waals surface area contributed by atoms with Gasteiger partial charge in [-0.15, -0.1) is 0 Å². The lowest BCUT2D eigenvalue weighted by atomic mass is 10.1. The van der Waals surface area contributed by atoms with E-state index >= 15 is 0 Å². The molecule has 0 aliphatic heterocycles. The quantitative estimate of drug-likeness (QED) is 0.782. The number of nitrogens with zero attached hydrogens (tertiary/aromatic N) is 1. The lowest BCUT2D eigenvalue weighted by Crippen LogP contribution is -2.34. The van der Waals surface area contributed by atoms with Crippen molar-refractivity contribution in [3.63, 3.8) is 0 Å². The first-order valence-corrected chi connectivity index (χ1v) is 5.95. The minimum Gasteiger partial charge on any atom is -0.393 e. The molecule has 1 aromatic rings. The highest BCUT2D eigenvalue weighted by molar-refractivity contribution is 5.76. The molecule has 1 heterocycles. The molecule has 0 spiro atoms. The summed E-state index contributed by atoms with van der Waals surface area (Å²) in [5.41, 5.74) is 0.922. The molecule has 17 heavy (non-hydrogen) atoms. The van der Waals surface area contributed by atoms with Crippen LogP contribution in [-0.2, 0) is 11.2 Å². The molecule has 0 aliphatic carbocycles. The van der Waals surface area contributed by atoms with E-state index in [-0.39, 0.29) is 18.1 Å². The number of rotatable bonds is 6. The molecule has 0 saturated carbocycles. The number of carbonyl (C=O) groups excluding carboxylic acids is 1. The van der Waals surface area contributed by atoms with Crippen LogP contribution in [0.3, 0.4) is 0 Å². The fourth-order valence-corrected chi connectivity index (χ4v) is 1.71. The fourth-order valence-electron chi connectivity index (χ4n) is 1.71. The summed E-state index contributed by atoms with van der Waals surface area (Å²) in [5, 5.41) is 12.0. The van der Waals surface area contributed by atoms with Gasteiger partial charge < -0.3 is 10.4 Å². The first-order chi connectivity index (χ1) is 8.08. The number of carbonyl (C=O) groups is 1. The number of hydrogen-bond donors (Lipinski definition) is 2. The van der Waals surface area contributed by atoms with Gasteiger partial charge in [0.25, 0.3) is 0 Å². The van der Waals surface area contributed by atoms with Gasteiger partial charge in [-0.2, -0.15) is 0 Å². The third kappa shape index (κ3) is 6.02. The van der Waals surface area contributed by atoms with Crippen LogP contribution in [0.5, 0.6) is 0 Å². The van der Waals surface area contributed by atoms with Crippen molar-refractivity contribution in [3.05, 3.63) is 30.1 Å². The smallest absolute Gasteiger partial charge is 0.220 e. The topological polar surface area (TPSA) is 62.2 Å². The molecule has 4 heteroatoms. The Morgan fingerprint density at radius 2 is 2.24 bits per heavy atom. The number of aromatic nitrogens is 1. The zero-order valence-corrected chi connectivity index (χ0v) is 10.4. The molecule has 2 atom stereocenters. The van der Waals surface area contributed by atoms with Crippen molar-refractivity contribution < 1.29 is 9.90 Å². The van der Waals surface area contributed by atoms with Crippen LogP contribution in [0.25, 0.3) is 0 Å². The van der Waals surface area contributed by atoms with Crippen molar-refractivity contribution in [1.29, 1.82) is 0 Å². The van der Waals surface area contributed by atoms with E-state index in [0.717, 1.165) is 5.69 Å². The lowest BCUT2D eigenvalue weighted by Gasteiger charge is -2.15. The Balaban J connectivity index is 2.26. The van der Waals surface area contributed by atoms with Gasteiger partial charge in [-0.1, -0.05) is 6.07 Å². The van der Waals surface area contributed by atoms with E-state index in [0.29, 0.717) is 19.3 Å². The highest BCUT2D eigenvalue weighted by Gasteiger charge is 2.09. The van der Waals surface area contributed by atoms with Gasteiger partial charge in [0, 0.05) is 24.4 Å². The Morgan fingerprint density at radius 1 is 1.47 bits per heavy atom. The second-order valence-electron chi connectivity index (χ2n) is 4.37. The van der Waals surface area contributed by atoms with E-state index in [9.17, 15) is 9.90 Å². The molecule has 0 aliphatic rings. The third-order valence-corrected chi connectivity index (χ3v) is 2.44. The molecule has 1 rings (SSSR count). The number of amides is 1. The average Bonchev–Trinajstić information content (AvgIpc) is 2.26. The molecule has 1 amide bonds. The maximum Gasteiger partial charge on any atom is 0.220 e. The van der Waals surface area contributed by atoms with Gasteiger partial charge in [0.15, 0.2) is 0 Å². The number of aliphatic hydroxyl groups excluding tert-OH is 1. The monoisotopic (exact) mass is 236 g/mol. The molecule has 2 unspecified atom stereocenters. The predicted molar refractivity (Wildman–Crippen MR) is 66.5 cm³/mol. The van der Waals surface area contributed by atoms with Crippen molar-refractivity contribution in [2.75, 3.05) is 0 Å². The van der Waals surface area contributed by atoms with Crippen molar-refractivity contribution in [1.82, 2.24) is 10.3 Å². The third-order valence-electron chi connectivity index (χ3n) is 2.44. The molecule has 0 radical (unpaired) electrons. The summed E-state index contributed by atoms with van der Waals surface area (Å²) in [6.07, 6.45) is 2.99. The molecule has 4 nitrogen and oxygen atoms in total. The van der Waals surface area contributed by atoms with Crippen LogP contribution < -0.4 is 5.32 Å². The van der Waals surface area contributed by atoms with Gasteiger partial charge in [-0.3, -0.25) is 9.78 Å². The standard InChI is InChI=1S/C13H20N2O2/c1-10(9-11(2)16)15-13(17)7-6-12-5-3-4-8-14-12/h3-5,8,10-11,16H,6-7,9H2,1-2H3,(H,15,17). The summed E-state index contributed by atoms with van der Waals surface area (Å²) >= 11 is 0. The van der Waals surface area contributed by atoms with Crippen molar-refractivity contribution >= 4 is 5.91 Å². The van der Waals surface area contributed by atoms with E-state index < -0.39 is 0 Å². The van der Waals surface area contributed by atoms with Crippen LogP contribution in [0.15, 0.2) is 24.4 Å². The first-order valence-electron chi connectivity index (χ1n) is 5.95. The number of pyridine rings is 1. The molecule has 0 bridgehead atoms. The molecule has 0 saturated heterocycles. The Hall–Kier alpha value is -1.42. The number of nitrogens with one attached hydrogen (secondary N) is 1. The maximum atomic E-state index is 11.6. The Bertz CT molecular complexity index is 339. The first kappa shape index (κ1) is 13.6. The second kappa shape index (κ2) is 7.01. The summed E-state index contributed by atoms with van der Waals surface area (Å²) in [7, 11) is 0. The average molecular weight is 236 g/mol. The van der Waals surface area contributed by atoms with Crippen LogP contribution in [0, 0.1) is 0 Å². The Kier molecular flexibility index (Phi) is 5.63. The lowest BCUT2D eigenvalue weighted by molar-refractivity contribution is -0.121. The zero-order chi connectivity index (χ0) is 12.7. The van der Waals surface area contributed by atoms with Crippen molar-refractivity contribution in [2.45, 2.75) is 45.3 Å². The van der Waals surface area contributed by atoms with Crippen molar-refractivity contribution in [3.8, 4) is 0 Å². The van der Waals surface area contributed by atoms with E-state index in [1.54, 1.807) is 13.1 Å². The van der Waals surface area contributed by atoms with Crippen molar-refractivity contribution in [2.24, 2.45) is 0 Å². The van der Waals surface area contributed by atoms with Gasteiger partial charge in [0.1, 0.15) is 0 Å². The molecule has 2 N–H and O–H groups in total. The SMILES string of the molecule is CC(O)CC(C)NC(=O)CCc1ccccn1. The molecular weight excluding hydrogens is 216 g/mol. The molecular formula is C13H20N2O2. The molecule has 1 aromatic heterocycles. The van der Waals surface area contributed by atoms with Gasteiger partial charge in [-0.25, -0.2) is 0 Å². The highest BCUT2D eigenvalue weighted by Crippen LogP contribution is 2.00. The van der Waals surface area contributed by atoms with Crippen LogP contribution in [0.4, 0.5) is 0 Å². The zero-order valence-electron chi connectivity index (χ0n) is 10.4. The van der Waals surface area contributed by atoms with E-state index in [1.165, 1.54) is 0 Å². The van der Waals surface area contributed by atoms with E-state index in [2.05, 4.69) is 10.3 Å². The molecule has 0 aromatic carbocycles. The van der Waals surface area contributed by atoms with Crippen LogP contribution in [-0.4, -0.2) is 28.1 Å². The van der Waals surface area contributed by atoms with Gasteiger partial charge >= 0.3 is 0 Å². The Labute approximate surface area is 102 Å². The Morgan fingerprint density at radius 3 is 2.82 bits per heavy atom. The summed E-state index contributed by atoms with van der Waals surface area (Å²) in [6, 6.07) is 5.68. The minimum atomic E-state index is -0.388. The summed E-state index contributed by atoms with van der Waals surface area (Å²) in [4.78, 5) is 15.7.